The SMILES string of the molecule is Cc1nc(CSc2nnc3sc4ccccc4n23)no1. The number of benzene rings is 1. The van der Waals surface area contributed by atoms with Crippen molar-refractivity contribution in [1.29, 1.82) is 0 Å². The standard InChI is InChI=1S/C12H9N5OS2/c1-7-13-10(16-18-7)6-19-11-14-15-12-17(11)8-4-2-3-5-9(8)20-12/h2-5H,6H2,1H3. The summed E-state index contributed by atoms with van der Waals surface area (Å²) >= 11 is 3.19. The number of hydrogen-bond donors (Lipinski definition) is 0. The first-order valence-corrected chi connectivity index (χ1v) is 7.76. The molecule has 0 aliphatic rings. The molecule has 0 radical (unpaired) electrons. The molecule has 8 heteroatoms. The van der Waals surface area contributed by atoms with Gasteiger partial charge in [-0.1, -0.05) is 40.4 Å². The Kier molecular flexibility index (Phi) is 2.71. The third kappa shape index (κ3) is 1.88. The monoisotopic (exact) mass is 303 g/mol. The Balaban J connectivity index is 1.72. The highest BCUT2D eigenvalue weighted by molar-refractivity contribution is 7.98. The van der Waals surface area contributed by atoms with Crippen molar-refractivity contribution in [2.45, 2.75) is 17.8 Å². The molecule has 0 aliphatic carbocycles. The summed E-state index contributed by atoms with van der Waals surface area (Å²) in [6, 6.07) is 8.21. The number of hydrogen-bond acceptors (Lipinski definition) is 7. The Bertz CT molecular complexity index is 894. The lowest BCUT2D eigenvalue weighted by atomic mass is 10.3. The van der Waals surface area contributed by atoms with Crippen LogP contribution in [0.5, 0.6) is 0 Å². The second-order valence-corrected chi connectivity index (χ2v) is 6.14. The third-order valence-corrected chi connectivity index (χ3v) is 4.75. The Morgan fingerprint density at radius 2 is 2.20 bits per heavy atom. The van der Waals surface area contributed by atoms with Crippen LogP contribution in [-0.2, 0) is 5.75 Å². The van der Waals surface area contributed by atoms with Crippen LogP contribution in [0.2, 0.25) is 0 Å². The summed E-state index contributed by atoms with van der Waals surface area (Å²) in [5.74, 6) is 1.86. The molecular weight excluding hydrogens is 294 g/mol. The first kappa shape index (κ1) is 11.9. The molecule has 0 aliphatic heterocycles. The van der Waals surface area contributed by atoms with Crippen molar-refractivity contribution in [2.75, 3.05) is 0 Å². The summed E-state index contributed by atoms with van der Waals surface area (Å²) in [6.45, 7) is 1.78. The minimum absolute atomic E-state index is 0.577. The summed E-state index contributed by atoms with van der Waals surface area (Å²) in [7, 11) is 0. The molecule has 0 unspecified atom stereocenters. The number of nitrogens with zero attached hydrogens (tertiary/aromatic N) is 5. The normalized spacial score (nSPS) is 11.7. The van der Waals surface area contributed by atoms with E-state index < -0.39 is 0 Å². The van der Waals surface area contributed by atoms with Crippen molar-refractivity contribution in [3.05, 3.63) is 36.0 Å². The topological polar surface area (TPSA) is 69.1 Å². The summed E-state index contributed by atoms with van der Waals surface area (Å²) < 4.78 is 8.23. The van der Waals surface area contributed by atoms with Crippen molar-refractivity contribution in [3.63, 3.8) is 0 Å². The fourth-order valence-electron chi connectivity index (χ4n) is 1.98. The fourth-order valence-corrected chi connectivity index (χ4v) is 3.79. The largest absolute Gasteiger partial charge is 0.340 e. The lowest BCUT2D eigenvalue weighted by molar-refractivity contribution is 0.389. The highest BCUT2D eigenvalue weighted by Crippen LogP contribution is 2.30. The molecule has 4 rings (SSSR count). The molecule has 3 heterocycles. The Labute approximate surface area is 121 Å². The Hall–Kier alpha value is -1.93. The number of aryl methyl sites for hydroxylation is 1. The van der Waals surface area contributed by atoms with Gasteiger partial charge in [0, 0.05) is 6.92 Å². The molecule has 6 nitrogen and oxygen atoms in total. The molecule has 0 fully saturated rings. The average molecular weight is 303 g/mol. The van der Waals surface area contributed by atoms with Crippen LogP contribution in [0.15, 0.2) is 33.9 Å². The van der Waals surface area contributed by atoms with Gasteiger partial charge >= 0.3 is 0 Å². The van der Waals surface area contributed by atoms with Crippen molar-refractivity contribution >= 4 is 38.3 Å². The van der Waals surface area contributed by atoms with E-state index in [0.717, 1.165) is 15.6 Å². The van der Waals surface area contributed by atoms with E-state index >= 15 is 0 Å². The molecular formula is C12H9N5OS2. The van der Waals surface area contributed by atoms with Crippen LogP contribution in [-0.4, -0.2) is 24.7 Å². The van der Waals surface area contributed by atoms with Crippen molar-refractivity contribution < 1.29 is 4.52 Å². The van der Waals surface area contributed by atoms with Crippen LogP contribution in [0, 0.1) is 6.92 Å². The lowest BCUT2D eigenvalue weighted by Crippen LogP contribution is -1.88. The van der Waals surface area contributed by atoms with E-state index in [1.807, 2.05) is 12.1 Å². The number of para-hydroxylation sites is 1. The highest BCUT2D eigenvalue weighted by atomic mass is 32.2. The van der Waals surface area contributed by atoms with Crippen molar-refractivity contribution in [2.24, 2.45) is 0 Å². The molecule has 0 spiro atoms. The van der Waals surface area contributed by atoms with Gasteiger partial charge in [-0.3, -0.25) is 4.40 Å². The number of aromatic nitrogens is 5. The molecule has 20 heavy (non-hydrogen) atoms. The molecule has 0 bridgehead atoms. The number of fused-ring (bicyclic) bond motifs is 3. The van der Waals surface area contributed by atoms with Gasteiger partial charge in [0.05, 0.1) is 16.0 Å². The lowest BCUT2D eigenvalue weighted by Gasteiger charge is -1.96. The molecule has 0 N–H and O–H groups in total. The molecule has 1 aromatic carbocycles. The summed E-state index contributed by atoms with van der Waals surface area (Å²) in [4.78, 5) is 5.09. The van der Waals surface area contributed by atoms with E-state index in [0.29, 0.717) is 17.5 Å². The van der Waals surface area contributed by atoms with E-state index in [4.69, 9.17) is 4.52 Å². The van der Waals surface area contributed by atoms with Crippen LogP contribution in [0.3, 0.4) is 0 Å². The van der Waals surface area contributed by atoms with Crippen LogP contribution >= 0.6 is 23.1 Å². The summed E-state index contributed by atoms with van der Waals surface area (Å²) in [5, 5.41) is 13.2. The molecule has 100 valence electrons. The Morgan fingerprint density at radius 3 is 3.05 bits per heavy atom. The maximum atomic E-state index is 4.96. The van der Waals surface area contributed by atoms with E-state index in [9.17, 15) is 0 Å². The van der Waals surface area contributed by atoms with E-state index in [2.05, 4.69) is 36.9 Å². The first-order chi connectivity index (χ1) is 9.81. The quantitative estimate of drug-likeness (QED) is 0.542. The maximum absolute atomic E-state index is 4.96. The van der Waals surface area contributed by atoms with Crippen LogP contribution in [0.25, 0.3) is 15.2 Å². The van der Waals surface area contributed by atoms with E-state index in [1.165, 1.54) is 4.70 Å². The molecule has 4 aromatic rings. The van der Waals surface area contributed by atoms with Gasteiger partial charge in [-0.05, 0) is 12.1 Å². The fraction of sp³-hybridized carbons (Fsp3) is 0.167. The predicted octanol–water partition coefficient (Wildman–Crippen LogP) is 2.93. The highest BCUT2D eigenvalue weighted by Gasteiger charge is 2.13. The van der Waals surface area contributed by atoms with Crippen LogP contribution < -0.4 is 0 Å². The van der Waals surface area contributed by atoms with Gasteiger partial charge in [-0.25, -0.2) is 0 Å². The second-order valence-electron chi connectivity index (χ2n) is 4.19. The molecule has 0 saturated carbocycles. The minimum Gasteiger partial charge on any atom is -0.340 e. The minimum atomic E-state index is 0.577. The zero-order valence-electron chi connectivity index (χ0n) is 10.5. The smallest absolute Gasteiger partial charge is 0.223 e. The maximum Gasteiger partial charge on any atom is 0.223 e. The number of thioether (sulfide) groups is 1. The van der Waals surface area contributed by atoms with Gasteiger partial charge in [-0.15, -0.1) is 10.2 Å². The van der Waals surface area contributed by atoms with Crippen LogP contribution in [0.4, 0.5) is 0 Å². The van der Waals surface area contributed by atoms with Crippen LogP contribution in [0.1, 0.15) is 11.7 Å². The van der Waals surface area contributed by atoms with Gasteiger partial charge in [0.25, 0.3) is 0 Å². The second kappa shape index (κ2) is 4.57. The summed E-state index contributed by atoms with van der Waals surface area (Å²) in [5.41, 5.74) is 1.13. The van der Waals surface area contributed by atoms with Gasteiger partial charge in [0.2, 0.25) is 10.9 Å². The third-order valence-electron chi connectivity index (χ3n) is 2.81. The molecule has 0 atom stereocenters. The first-order valence-electron chi connectivity index (χ1n) is 5.96. The van der Waals surface area contributed by atoms with Gasteiger partial charge < -0.3 is 4.52 Å². The van der Waals surface area contributed by atoms with Crippen molar-refractivity contribution in [1.82, 2.24) is 24.7 Å². The number of rotatable bonds is 3. The zero-order valence-corrected chi connectivity index (χ0v) is 12.1. The zero-order chi connectivity index (χ0) is 13.5. The summed E-state index contributed by atoms with van der Waals surface area (Å²) in [6.07, 6.45) is 0. The van der Waals surface area contributed by atoms with Gasteiger partial charge in [0.15, 0.2) is 11.0 Å². The number of thiazole rings is 1. The predicted molar refractivity (Wildman–Crippen MR) is 77.0 cm³/mol. The van der Waals surface area contributed by atoms with Crippen molar-refractivity contribution in [3.8, 4) is 0 Å². The van der Waals surface area contributed by atoms with E-state index in [1.54, 1.807) is 30.0 Å². The molecule has 0 amide bonds. The van der Waals surface area contributed by atoms with Gasteiger partial charge in [-0.2, -0.15) is 4.98 Å². The van der Waals surface area contributed by atoms with Gasteiger partial charge in [0.1, 0.15) is 0 Å². The molecule has 3 aromatic heterocycles. The van der Waals surface area contributed by atoms with E-state index in [-0.39, 0.29) is 0 Å². The average Bonchev–Trinajstić information content (AvgIpc) is 3.11. The Morgan fingerprint density at radius 1 is 1.30 bits per heavy atom. The molecule has 0 saturated heterocycles.